The van der Waals surface area contributed by atoms with Gasteiger partial charge in [-0.3, -0.25) is 0 Å². The van der Waals surface area contributed by atoms with Crippen LogP contribution in [-0.2, 0) is 20.0 Å². The molecule has 1 unspecified atom stereocenters. The van der Waals surface area contributed by atoms with Crippen LogP contribution in [0.5, 0.6) is 0 Å². The second kappa shape index (κ2) is 5.95. The summed E-state index contributed by atoms with van der Waals surface area (Å²) in [5.41, 5.74) is 0. The molecule has 0 radical (unpaired) electrons. The number of hydrogen-bond donors (Lipinski definition) is 1. The molecule has 98 valence electrons. The fraction of sp³-hybridized carbons (Fsp3) is 1.00. The van der Waals surface area contributed by atoms with Gasteiger partial charge in [0.25, 0.3) is 0 Å². The summed E-state index contributed by atoms with van der Waals surface area (Å²) < 4.78 is 48.1. The lowest BCUT2D eigenvalue weighted by molar-refractivity contribution is 0.335. The van der Waals surface area contributed by atoms with Gasteiger partial charge in [-0.2, -0.15) is 4.31 Å². The molecule has 6 nitrogen and oxygen atoms in total. The summed E-state index contributed by atoms with van der Waals surface area (Å²) in [5, 5.41) is 0. The molecule has 16 heavy (non-hydrogen) atoms. The lowest BCUT2D eigenvalue weighted by Crippen LogP contribution is -2.42. The van der Waals surface area contributed by atoms with Crippen molar-refractivity contribution in [2.24, 2.45) is 0 Å². The Balaban J connectivity index is 4.48. The van der Waals surface area contributed by atoms with Crippen molar-refractivity contribution in [2.45, 2.75) is 26.3 Å². The predicted octanol–water partition coefficient (Wildman–Crippen LogP) is -0.404. The van der Waals surface area contributed by atoms with E-state index in [2.05, 4.69) is 4.72 Å². The lowest BCUT2D eigenvalue weighted by Gasteiger charge is -2.25. The number of hydrogen-bond acceptors (Lipinski definition) is 4. The first kappa shape index (κ1) is 15.8. The Kier molecular flexibility index (Phi) is 5.88. The molecule has 8 heteroatoms. The van der Waals surface area contributed by atoms with Crippen molar-refractivity contribution in [1.82, 2.24) is 9.03 Å². The topological polar surface area (TPSA) is 83.6 Å². The fourth-order valence-electron chi connectivity index (χ4n) is 1.26. The molecule has 0 aromatic rings. The van der Waals surface area contributed by atoms with Crippen LogP contribution in [0.1, 0.15) is 20.3 Å². The number of sulfonamides is 2. The summed E-state index contributed by atoms with van der Waals surface area (Å²) >= 11 is 0. The van der Waals surface area contributed by atoms with Crippen molar-refractivity contribution >= 4 is 20.0 Å². The molecular formula is C8H20N2O4S2. The van der Waals surface area contributed by atoms with Gasteiger partial charge in [-0.1, -0.05) is 6.92 Å². The summed E-state index contributed by atoms with van der Waals surface area (Å²) in [6.07, 6.45) is 2.85. The van der Waals surface area contributed by atoms with E-state index in [4.69, 9.17) is 0 Å². The van der Waals surface area contributed by atoms with E-state index in [-0.39, 0.29) is 19.1 Å². The first-order valence-corrected chi connectivity index (χ1v) is 8.73. The minimum atomic E-state index is -3.30. The van der Waals surface area contributed by atoms with Gasteiger partial charge in [0.1, 0.15) is 0 Å². The zero-order valence-corrected chi connectivity index (χ0v) is 11.7. The third kappa shape index (κ3) is 6.41. The van der Waals surface area contributed by atoms with E-state index in [0.717, 1.165) is 12.5 Å². The molecule has 0 fully saturated rings. The van der Waals surface area contributed by atoms with Crippen molar-refractivity contribution in [3.63, 3.8) is 0 Å². The Hall–Kier alpha value is -0.180. The molecule has 0 saturated heterocycles. The standard InChI is InChI=1S/C8H20N2O4S2/c1-5-8(2)10(16(4,13)14)7-6-9-15(3,11)12/h8-9H,5-7H2,1-4H3. The molecule has 0 aliphatic heterocycles. The zero-order valence-electron chi connectivity index (χ0n) is 10.1. The van der Waals surface area contributed by atoms with Gasteiger partial charge < -0.3 is 0 Å². The van der Waals surface area contributed by atoms with Crippen LogP contribution in [0.2, 0.25) is 0 Å². The van der Waals surface area contributed by atoms with Crippen molar-refractivity contribution in [3.05, 3.63) is 0 Å². The van der Waals surface area contributed by atoms with E-state index >= 15 is 0 Å². The summed E-state index contributed by atoms with van der Waals surface area (Å²) in [6, 6.07) is -0.128. The number of rotatable bonds is 7. The maximum absolute atomic E-state index is 11.4. The maximum Gasteiger partial charge on any atom is 0.211 e. The fourth-order valence-corrected chi connectivity index (χ4v) is 2.95. The van der Waals surface area contributed by atoms with Gasteiger partial charge in [-0.25, -0.2) is 21.6 Å². The van der Waals surface area contributed by atoms with Crippen LogP contribution >= 0.6 is 0 Å². The monoisotopic (exact) mass is 272 g/mol. The molecule has 0 aromatic heterocycles. The van der Waals surface area contributed by atoms with Gasteiger partial charge in [0.05, 0.1) is 12.5 Å². The third-order valence-corrected chi connectivity index (χ3v) is 4.33. The summed E-state index contributed by atoms with van der Waals surface area (Å²) in [5.74, 6) is 0. The molecule has 0 rings (SSSR count). The average molecular weight is 272 g/mol. The normalized spacial score (nSPS) is 15.3. The molecule has 0 aliphatic carbocycles. The Morgan fingerprint density at radius 1 is 1.19 bits per heavy atom. The second-order valence-electron chi connectivity index (χ2n) is 3.80. The van der Waals surface area contributed by atoms with Crippen LogP contribution in [0.25, 0.3) is 0 Å². The van der Waals surface area contributed by atoms with Crippen LogP contribution in [0.15, 0.2) is 0 Å². The molecule has 1 atom stereocenters. The highest BCUT2D eigenvalue weighted by molar-refractivity contribution is 7.88. The third-order valence-electron chi connectivity index (χ3n) is 2.20. The Morgan fingerprint density at radius 3 is 2.00 bits per heavy atom. The van der Waals surface area contributed by atoms with E-state index < -0.39 is 20.0 Å². The molecule has 0 bridgehead atoms. The zero-order chi connectivity index (χ0) is 13.0. The van der Waals surface area contributed by atoms with Crippen LogP contribution < -0.4 is 4.72 Å². The molecule has 0 spiro atoms. The molecule has 0 heterocycles. The molecule has 0 saturated carbocycles. The van der Waals surface area contributed by atoms with Crippen molar-refractivity contribution < 1.29 is 16.8 Å². The van der Waals surface area contributed by atoms with Crippen molar-refractivity contribution in [3.8, 4) is 0 Å². The highest BCUT2D eigenvalue weighted by Gasteiger charge is 2.21. The SMILES string of the molecule is CCC(C)N(CCNS(C)(=O)=O)S(C)(=O)=O. The van der Waals surface area contributed by atoms with Crippen LogP contribution in [0, 0.1) is 0 Å². The van der Waals surface area contributed by atoms with Crippen molar-refractivity contribution in [1.29, 1.82) is 0 Å². The Labute approximate surface area is 98.1 Å². The van der Waals surface area contributed by atoms with E-state index in [1.165, 1.54) is 4.31 Å². The molecule has 0 amide bonds. The van der Waals surface area contributed by atoms with E-state index in [9.17, 15) is 16.8 Å². The molecule has 0 aliphatic rings. The van der Waals surface area contributed by atoms with Gasteiger partial charge in [0, 0.05) is 19.1 Å². The quantitative estimate of drug-likeness (QED) is 0.683. The largest absolute Gasteiger partial charge is 0.214 e. The summed E-state index contributed by atoms with van der Waals surface area (Å²) in [7, 11) is -6.56. The van der Waals surface area contributed by atoms with Gasteiger partial charge in [-0.05, 0) is 13.3 Å². The van der Waals surface area contributed by atoms with E-state index in [1.807, 2.05) is 6.92 Å². The molecule has 1 N–H and O–H groups in total. The van der Waals surface area contributed by atoms with Crippen LogP contribution in [0.3, 0.4) is 0 Å². The van der Waals surface area contributed by atoms with Gasteiger partial charge >= 0.3 is 0 Å². The summed E-state index contributed by atoms with van der Waals surface area (Å²) in [6.45, 7) is 3.92. The Morgan fingerprint density at radius 2 is 1.69 bits per heavy atom. The first-order valence-electron chi connectivity index (χ1n) is 4.99. The van der Waals surface area contributed by atoms with E-state index in [1.54, 1.807) is 6.92 Å². The predicted molar refractivity (Wildman–Crippen MR) is 64.1 cm³/mol. The molecule has 0 aromatic carbocycles. The first-order chi connectivity index (χ1) is 7.08. The van der Waals surface area contributed by atoms with Crippen LogP contribution in [0.4, 0.5) is 0 Å². The smallest absolute Gasteiger partial charge is 0.211 e. The average Bonchev–Trinajstić information content (AvgIpc) is 2.07. The maximum atomic E-state index is 11.4. The lowest BCUT2D eigenvalue weighted by atomic mass is 10.2. The highest BCUT2D eigenvalue weighted by atomic mass is 32.2. The van der Waals surface area contributed by atoms with Crippen molar-refractivity contribution in [2.75, 3.05) is 25.6 Å². The summed E-state index contributed by atoms with van der Waals surface area (Å²) in [4.78, 5) is 0. The van der Waals surface area contributed by atoms with Gasteiger partial charge in [0.2, 0.25) is 20.0 Å². The molecular weight excluding hydrogens is 252 g/mol. The highest BCUT2D eigenvalue weighted by Crippen LogP contribution is 2.07. The van der Waals surface area contributed by atoms with Gasteiger partial charge in [0.15, 0.2) is 0 Å². The van der Waals surface area contributed by atoms with Crippen LogP contribution in [-0.4, -0.2) is 52.8 Å². The second-order valence-corrected chi connectivity index (χ2v) is 7.57. The van der Waals surface area contributed by atoms with E-state index in [0.29, 0.717) is 6.42 Å². The minimum Gasteiger partial charge on any atom is -0.214 e. The minimum absolute atomic E-state index is 0.0935. The Bertz CT molecular complexity index is 402. The number of nitrogens with one attached hydrogen (secondary N) is 1. The van der Waals surface area contributed by atoms with Gasteiger partial charge in [-0.15, -0.1) is 0 Å². The number of nitrogens with zero attached hydrogens (tertiary/aromatic N) is 1.